The van der Waals surface area contributed by atoms with Crippen LogP contribution in [0.15, 0.2) is 0 Å². The number of hydrogen-bond acceptors (Lipinski definition) is 1. The molecule has 0 spiro atoms. The molecule has 0 N–H and O–H groups in total. The molecule has 0 aromatic heterocycles. The molecule has 1 heteroatoms. The van der Waals surface area contributed by atoms with Gasteiger partial charge in [0.05, 0.1) is 6.10 Å². The fraction of sp³-hybridized carbons (Fsp3) is 1.00. The van der Waals surface area contributed by atoms with Crippen molar-refractivity contribution in [3.8, 4) is 0 Å². The second-order valence-electron chi connectivity index (χ2n) is 8.63. The first-order chi connectivity index (χ1) is 11.4. The first-order valence-electron chi connectivity index (χ1n) is 10.9. The van der Waals surface area contributed by atoms with Gasteiger partial charge in [-0.15, -0.1) is 0 Å². The van der Waals surface area contributed by atoms with Crippen LogP contribution in [0.5, 0.6) is 0 Å². The van der Waals surface area contributed by atoms with Gasteiger partial charge in [-0.2, -0.15) is 0 Å². The SMILES string of the molecule is CCCC(CC(C)C(C)CCCC(CC)C(C)(CC)CCC)OC. The van der Waals surface area contributed by atoms with Crippen molar-refractivity contribution in [2.75, 3.05) is 7.11 Å². The Bertz CT molecular complexity index is 288. The largest absolute Gasteiger partial charge is 0.381 e. The van der Waals surface area contributed by atoms with Gasteiger partial charge in [-0.25, -0.2) is 0 Å². The maximum absolute atomic E-state index is 5.66. The molecule has 0 aromatic rings. The molecule has 0 aromatic carbocycles. The highest BCUT2D eigenvalue weighted by Crippen LogP contribution is 2.41. The third-order valence-electron chi connectivity index (χ3n) is 6.87. The van der Waals surface area contributed by atoms with Crippen molar-refractivity contribution in [2.45, 2.75) is 119 Å². The van der Waals surface area contributed by atoms with E-state index in [1.807, 2.05) is 7.11 Å². The number of methoxy groups -OCH3 is 1. The quantitative estimate of drug-likeness (QED) is 0.294. The van der Waals surface area contributed by atoms with Gasteiger partial charge in [-0.1, -0.05) is 87.0 Å². The molecule has 5 atom stereocenters. The van der Waals surface area contributed by atoms with E-state index in [0.29, 0.717) is 11.5 Å². The topological polar surface area (TPSA) is 9.23 Å². The molecular formula is C23H48O. The summed E-state index contributed by atoms with van der Waals surface area (Å²) in [6, 6.07) is 0. The van der Waals surface area contributed by atoms with Crippen molar-refractivity contribution in [1.29, 1.82) is 0 Å². The average molecular weight is 341 g/mol. The molecule has 0 bridgehead atoms. The predicted molar refractivity (Wildman–Crippen MR) is 110 cm³/mol. The highest BCUT2D eigenvalue weighted by atomic mass is 16.5. The molecule has 0 amide bonds. The Morgan fingerprint density at radius 3 is 2.00 bits per heavy atom. The lowest BCUT2D eigenvalue weighted by molar-refractivity contribution is 0.0654. The van der Waals surface area contributed by atoms with Crippen LogP contribution in [-0.2, 0) is 4.74 Å². The molecule has 0 radical (unpaired) electrons. The summed E-state index contributed by atoms with van der Waals surface area (Å²) in [6.07, 6.45) is 13.7. The summed E-state index contributed by atoms with van der Waals surface area (Å²) in [4.78, 5) is 0. The zero-order valence-electron chi connectivity index (χ0n) is 18.3. The van der Waals surface area contributed by atoms with Crippen LogP contribution < -0.4 is 0 Å². The van der Waals surface area contributed by atoms with Gasteiger partial charge in [0.15, 0.2) is 0 Å². The maximum Gasteiger partial charge on any atom is 0.0573 e. The number of rotatable bonds is 15. The van der Waals surface area contributed by atoms with Crippen LogP contribution in [0, 0.1) is 23.2 Å². The Labute approximate surface area is 154 Å². The minimum Gasteiger partial charge on any atom is -0.381 e. The predicted octanol–water partition coefficient (Wildman–Crippen LogP) is 7.88. The lowest BCUT2D eigenvalue weighted by atomic mass is 9.68. The van der Waals surface area contributed by atoms with E-state index in [1.54, 1.807) is 0 Å². The van der Waals surface area contributed by atoms with Crippen LogP contribution in [0.25, 0.3) is 0 Å². The maximum atomic E-state index is 5.66. The van der Waals surface area contributed by atoms with Crippen LogP contribution in [0.4, 0.5) is 0 Å². The Hall–Kier alpha value is -0.0400. The fourth-order valence-corrected chi connectivity index (χ4v) is 4.56. The molecule has 0 fully saturated rings. The van der Waals surface area contributed by atoms with E-state index in [4.69, 9.17) is 4.74 Å². The summed E-state index contributed by atoms with van der Waals surface area (Å²) in [5.74, 6) is 2.49. The van der Waals surface area contributed by atoms with E-state index in [-0.39, 0.29) is 0 Å². The summed E-state index contributed by atoms with van der Waals surface area (Å²) < 4.78 is 5.66. The normalized spacial score (nSPS) is 19.5. The van der Waals surface area contributed by atoms with Crippen molar-refractivity contribution in [3.63, 3.8) is 0 Å². The summed E-state index contributed by atoms with van der Waals surface area (Å²) in [7, 11) is 1.88. The van der Waals surface area contributed by atoms with Gasteiger partial charge in [0.25, 0.3) is 0 Å². The van der Waals surface area contributed by atoms with Crippen LogP contribution in [0.1, 0.15) is 113 Å². The molecule has 0 rings (SSSR count). The van der Waals surface area contributed by atoms with Crippen molar-refractivity contribution in [2.24, 2.45) is 23.2 Å². The van der Waals surface area contributed by atoms with Gasteiger partial charge in [-0.3, -0.25) is 0 Å². The van der Waals surface area contributed by atoms with E-state index in [2.05, 4.69) is 48.5 Å². The minimum atomic E-state index is 0.462. The molecule has 1 nitrogen and oxygen atoms in total. The van der Waals surface area contributed by atoms with Gasteiger partial charge < -0.3 is 4.74 Å². The number of hydrogen-bond donors (Lipinski definition) is 0. The van der Waals surface area contributed by atoms with E-state index in [1.165, 1.54) is 64.2 Å². The van der Waals surface area contributed by atoms with Crippen LogP contribution >= 0.6 is 0 Å². The monoisotopic (exact) mass is 340 g/mol. The van der Waals surface area contributed by atoms with Gasteiger partial charge in [-0.05, 0) is 48.9 Å². The Kier molecular flexibility index (Phi) is 13.2. The third-order valence-corrected chi connectivity index (χ3v) is 6.87. The van der Waals surface area contributed by atoms with Crippen LogP contribution in [0.2, 0.25) is 0 Å². The fourth-order valence-electron chi connectivity index (χ4n) is 4.56. The smallest absolute Gasteiger partial charge is 0.0573 e. The summed E-state index contributed by atoms with van der Waals surface area (Å²) in [5, 5.41) is 0. The highest BCUT2D eigenvalue weighted by Gasteiger charge is 2.30. The van der Waals surface area contributed by atoms with Crippen LogP contribution in [-0.4, -0.2) is 13.2 Å². The Balaban J connectivity index is 4.35. The summed E-state index contributed by atoms with van der Waals surface area (Å²) >= 11 is 0. The van der Waals surface area contributed by atoms with Gasteiger partial charge in [0, 0.05) is 7.11 Å². The molecule has 5 unspecified atom stereocenters. The standard InChI is InChI=1S/C23H48O/c1-9-14-22(24-8)18-20(6)19(5)15-13-16-21(11-3)23(7,12-4)17-10-2/h19-22H,9-18H2,1-8H3. The first-order valence-corrected chi connectivity index (χ1v) is 10.9. The molecule has 0 aliphatic rings. The molecule has 24 heavy (non-hydrogen) atoms. The molecule has 0 aliphatic carbocycles. The number of ether oxygens (including phenoxy) is 1. The van der Waals surface area contributed by atoms with Gasteiger partial charge in [0.1, 0.15) is 0 Å². The summed E-state index contributed by atoms with van der Waals surface area (Å²) in [6.45, 7) is 16.8. The van der Waals surface area contributed by atoms with E-state index in [0.717, 1.165) is 17.8 Å². The zero-order chi connectivity index (χ0) is 18.6. The van der Waals surface area contributed by atoms with E-state index < -0.39 is 0 Å². The highest BCUT2D eigenvalue weighted by molar-refractivity contribution is 4.81. The molecule has 0 saturated heterocycles. The van der Waals surface area contributed by atoms with Crippen molar-refractivity contribution in [3.05, 3.63) is 0 Å². The molecular weight excluding hydrogens is 292 g/mol. The zero-order valence-corrected chi connectivity index (χ0v) is 18.3. The van der Waals surface area contributed by atoms with Gasteiger partial charge in [0.2, 0.25) is 0 Å². The molecule has 146 valence electrons. The molecule has 0 saturated carbocycles. The van der Waals surface area contributed by atoms with Crippen LogP contribution in [0.3, 0.4) is 0 Å². The lowest BCUT2D eigenvalue weighted by Gasteiger charge is -2.37. The van der Waals surface area contributed by atoms with Gasteiger partial charge >= 0.3 is 0 Å². The van der Waals surface area contributed by atoms with E-state index in [9.17, 15) is 0 Å². The third kappa shape index (κ3) is 8.37. The van der Waals surface area contributed by atoms with Crippen molar-refractivity contribution >= 4 is 0 Å². The Morgan fingerprint density at radius 2 is 1.54 bits per heavy atom. The second-order valence-corrected chi connectivity index (χ2v) is 8.63. The van der Waals surface area contributed by atoms with Crippen molar-refractivity contribution < 1.29 is 4.74 Å². The first kappa shape index (κ1) is 24.0. The van der Waals surface area contributed by atoms with Crippen molar-refractivity contribution in [1.82, 2.24) is 0 Å². The summed E-state index contributed by atoms with van der Waals surface area (Å²) in [5.41, 5.74) is 0.556. The minimum absolute atomic E-state index is 0.462. The van der Waals surface area contributed by atoms with E-state index >= 15 is 0 Å². The molecule has 0 aliphatic heterocycles. The second kappa shape index (κ2) is 13.2. The Morgan fingerprint density at radius 1 is 0.875 bits per heavy atom. The molecule has 0 heterocycles. The average Bonchev–Trinajstić information content (AvgIpc) is 2.57. The lowest BCUT2D eigenvalue weighted by Crippen LogP contribution is -2.26.